The van der Waals surface area contributed by atoms with Gasteiger partial charge in [0.15, 0.2) is 0 Å². The maximum atomic E-state index is 5.23. The Morgan fingerprint density at radius 1 is 1.41 bits per heavy atom. The van der Waals surface area contributed by atoms with Crippen molar-refractivity contribution in [2.24, 2.45) is 0 Å². The van der Waals surface area contributed by atoms with Crippen molar-refractivity contribution in [3.05, 3.63) is 43.1 Å². The number of fused-ring (bicyclic) bond motifs is 1. The Labute approximate surface area is 101 Å². The van der Waals surface area contributed by atoms with E-state index in [1.165, 1.54) is 0 Å². The van der Waals surface area contributed by atoms with Crippen LogP contribution in [0.15, 0.2) is 43.1 Å². The molecule has 0 saturated heterocycles. The first-order chi connectivity index (χ1) is 8.24. The van der Waals surface area contributed by atoms with Crippen LogP contribution in [0.5, 0.6) is 5.75 Å². The average molecular weight is 228 g/mol. The standard InChI is InChI=1S/C14H16N2O/c1-4-10(2)16-14-13-9-12(17-3)6-5-11(13)7-8-15-14/h4-10H,1H2,2-3H3,(H,15,16). The summed E-state index contributed by atoms with van der Waals surface area (Å²) >= 11 is 0. The lowest BCUT2D eigenvalue weighted by Gasteiger charge is -2.12. The van der Waals surface area contributed by atoms with Gasteiger partial charge in [-0.2, -0.15) is 0 Å². The van der Waals surface area contributed by atoms with Gasteiger partial charge in [0.05, 0.1) is 7.11 Å². The van der Waals surface area contributed by atoms with Crippen molar-refractivity contribution in [3.63, 3.8) is 0 Å². The van der Waals surface area contributed by atoms with Crippen molar-refractivity contribution in [1.29, 1.82) is 0 Å². The number of rotatable bonds is 4. The zero-order valence-electron chi connectivity index (χ0n) is 10.1. The molecule has 1 N–H and O–H groups in total. The topological polar surface area (TPSA) is 34.2 Å². The Morgan fingerprint density at radius 2 is 2.24 bits per heavy atom. The molecule has 0 aliphatic heterocycles. The van der Waals surface area contributed by atoms with Gasteiger partial charge in [-0.05, 0) is 30.5 Å². The average Bonchev–Trinajstić information content (AvgIpc) is 2.38. The summed E-state index contributed by atoms with van der Waals surface area (Å²) in [7, 11) is 1.66. The van der Waals surface area contributed by atoms with Crippen LogP contribution in [0.25, 0.3) is 10.8 Å². The zero-order chi connectivity index (χ0) is 12.3. The van der Waals surface area contributed by atoms with Crippen LogP contribution < -0.4 is 10.1 Å². The highest BCUT2D eigenvalue weighted by atomic mass is 16.5. The van der Waals surface area contributed by atoms with Gasteiger partial charge in [-0.25, -0.2) is 4.98 Å². The highest BCUT2D eigenvalue weighted by Gasteiger charge is 2.05. The van der Waals surface area contributed by atoms with Crippen LogP contribution in [-0.2, 0) is 0 Å². The largest absolute Gasteiger partial charge is 0.497 e. The second kappa shape index (κ2) is 4.87. The SMILES string of the molecule is C=CC(C)Nc1nccc2ccc(OC)cc12. The van der Waals surface area contributed by atoms with Crippen LogP contribution in [0.2, 0.25) is 0 Å². The Kier molecular flexibility index (Phi) is 3.28. The van der Waals surface area contributed by atoms with Crippen molar-refractivity contribution in [3.8, 4) is 5.75 Å². The molecule has 0 saturated carbocycles. The quantitative estimate of drug-likeness (QED) is 0.816. The first-order valence-corrected chi connectivity index (χ1v) is 5.56. The number of benzene rings is 1. The number of nitrogens with one attached hydrogen (secondary N) is 1. The molecule has 0 aliphatic carbocycles. The second-order valence-electron chi connectivity index (χ2n) is 3.92. The van der Waals surface area contributed by atoms with Crippen molar-refractivity contribution >= 4 is 16.6 Å². The minimum Gasteiger partial charge on any atom is -0.497 e. The van der Waals surface area contributed by atoms with Gasteiger partial charge in [0.1, 0.15) is 11.6 Å². The Hall–Kier alpha value is -2.03. The molecule has 0 amide bonds. The summed E-state index contributed by atoms with van der Waals surface area (Å²) in [5.41, 5.74) is 0. The van der Waals surface area contributed by atoms with E-state index in [1.54, 1.807) is 13.3 Å². The van der Waals surface area contributed by atoms with Gasteiger partial charge in [-0.1, -0.05) is 12.1 Å². The van der Waals surface area contributed by atoms with Crippen molar-refractivity contribution in [2.45, 2.75) is 13.0 Å². The number of ether oxygens (including phenoxy) is 1. The molecule has 0 spiro atoms. The van der Waals surface area contributed by atoms with E-state index >= 15 is 0 Å². The van der Waals surface area contributed by atoms with E-state index in [9.17, 15) is 0 Å². The van der Waals surface area contributed by atoms with Gasteiger partial charge in [-0.15, -0.1) is 6.58 Å². The zero-order valence-corrected chi connectivity index (χ0v) is 10.1. The molecule has 1 atom stereocenters. The molecule has 88 valence electrons. The van der Waals surface area contributed by atoms with Gasteiger partial charge >= 0.3 is 0 Å². The number of hydrogen-bond donors (Lipinski definition) is 1. The van der Waals surface area contributed by atoms with Crippen molar-refractivity contribution in [1.82, 2.24) is 4.98 Å². The van der Waals surface area contributed by atoms with Crippen LogP contribution in [0.4, 0.5) is 5.82 Å². The number of nitrogens with zero attached hydrogens (tertiary/aromatic N) is 1. The van der Waals surface area contributed by atoms with E-state index in [-0.39, 0.29) is 6.04 Å². The van der Waals surface area contributed by atoms with E-state index in [4.69, 9.17) is 4.74 Å². The first-order valence-electron chi connectivity index (χ1n) is 5.56. The number of hydrogen-bond acceptors (Lipinski definition) is 3. The molecular weight excluding hydrogens is 212 g/mol. The predicted molar refractivity (Wildman–Crippen MR) is 71.6 cm³/mol. The van der Waals surface area contributed by atoms with Gasteiger partial charge in [0, 0.05) is 17.6 Å². The van der Waals surface area contributed by atoms with Crippen LogP contribution >= 0.6 is 0 Å². The molecule has 1 heterocycles. The minimum atomic E-state index is 0.180. The molecule has 0 radical (unpaired) electrons. The molecule has 17 heavy (non-hydrogen) atoms. The number of aromatic nitrogens is 1. The molecule has 0 fully saturated rings. The summed E-state index contributed by atoms with van der Waals surface area (Å²) in [5, 5.41) is 5.50. The summed E-state index contributed by atoms with van der Waals surface area (Å²) in [6, 6.07) is 8.13. The molecule has 1 aromatic carbocycles. The van der Waals surface area contributed by atoms with Gasteiger partial charge in [0.2, 0.25) is 0 Å². The highest BCUT2D eigenvalue weighted by molar-refractivity contribution is 5.92. The number of anilines is 1. The molecule has 1 unspecified atom stereocenters. The third-order valence-electron chi connectivity index (χ3n) is 2.69. The first kappa shape index (κ1) is 11.5. The van der Waals surface area contributed by atoms with E-state index < -0.39 is 0 Å². The molecule has 2 rings (SSSR count). The van der Waals surface area contributed by atoms with Gasteiger partial charge in [-0.3, -0.25) is 0 Å². The molecule has 3 heteroatoms. The van der Waals surface area contributed by atoms with Crippen LogP contribution in [0.1, 0.15) is 6.92 Å². The summed E-state index contributed by atoms with van der Waals surface area (Å²) < 4.78 is 5.23. The van der Waals surface area contributed by atoms with Gasteiger partial charge in [0.25, 0.3) is 0 Å². The lowest BCUT2D eigenvalue weighted by molar-refractivity contribution is 0.415. The normalized spacial score (nSPS) is 12.1. The molecule has 0 bridgehead atoms. The fourth-order valence-corrected chi connectivity index (χ4v) is 1.66. The second-order valence-corrected chi connectivity index (χ2v) is 3.92. The maximum absolute atomic E-state index is 5.23. The lowest BCUT2D eigenvalue weighted by Crippen LogP contribution is -2.12. The molecule has 1 aromatic heterocycles. The molecule has 2 aromatic rings. The summed E-state index contributed by atoms with van der Waals surface area (Å²) in [6.07, 6.45) is 3.65. The fourth-order valence-electron chi connectivity index (χ4n) is 1.66. The van der Waals surface area contributed by atoms with Gasteiger partial charge < -0.3 is 10.1 Å². The lowest BCUT2D eigenvalue weighted by atomic mass is 10.1. The molecular formula is C14H16N2O. The highest BCUT2D eigenvalue weighted by Crippen LogP contribution is 2.26. The van der Waals surface area contributed by atoms with E-state index in [1.807, 2.05) is 37.3 Å². The Morgan fingerprint density at radius 3 is 2.94 bits per heavy atom. The maximum Gasteiger partial charge on any atom is 0.134 e. The third kappa shape index (κ3) is 2.38. The van der Waals surface area contributed by atoms with Crippen LogP contribution in [0.3, 0.4) is 0 Å². The summed E-state index contributed by atoms with van der Waals surface area (Å²) in [5.74, 6) is 1.69. The van der Waals surface area contributed by atoms with E-state index in [0.29, 0.717) is 0 Å². The molecule has 3 nitrogen and oxygen atoms in total. The smallest absolute Gasteiger partial charge is 0.134 e. The predicted octanol–water partition coefficient (Wildman–Crippen LogP) is 3.23. The Balaban J connectivity index is 2.50. The Bertz CT molecular complexity index is 537. The number of pyridine rings is 1. The minimum absolute atomic E-state index is 0.180. The summed E-state index contributed by atoms with van der Waals surface area (Å²) in [6.45, 7) is 5.79. The van der Waals surface area contributed by atoms with Crippen molar-refractivity contribution in [2.75, 3.05) is 12.4 Å². The number of methoxy groups -OCH3 is 1. The van der Waals surface area contributed by atoms with Crippen LogP contribution in [-0.4, -0.2) is 18.1 Å². The van der Waals surface area contributed by atoms with E-state index in [0.717, 1.165) is 22.3 Å². The van der Waals surface area contributed by atoms with Crippen LogP contribution in [0, 0.1) is 0 Å². The van der Waals surface area contributed by atoms with E-state index in [2.05, 4.69) is 16.9 Å². The van der Waals surface area contributed by atoms with Crippen molar-refractivity contribution < 1.29 is 4.74 Å². The monoisotopic (exact) mass is 228 g/mol. The summed E-state index contributed by atoms with van der Waals surface area (Å²) in [4.78, 5) is 4.36. The molecule has 0 aliphatic rings. The fraction of sp³-hybridized carbons (Fsp3) is 0.214. The third-order valence-corrected chi connectivity index (χ3v) is 2.69.